The fraction of sp³-hybridized carbons (Fsp3) is 1.00. The normalized spacial score (nSPS) is 34.4. The average molecular weight is 237 g/mol. The third-order valence-corrected chi connectivity index (χ3v) is 5.13. The van der Waals surface area contributed by atoms with Crippen LogP contribution in [0.15, 0.2) is 0 Å². The third kappa shape index (κ3) is 4.62. The Morgan fingerprint density at radius 3 is 1.41 bits per heavy atom. The van der Waals surface area contributed by atoms with Gasteiger partial charge < -0.3 is 5.73 Å². The van der Waals surface area contributed by atoms with E-state index in [0.29, 0.717) is 6.04 Å². The highest BCUT2D eigenvalue weighted by Crippen LogP contribution is 2.36. The highest BCUT2D eigenvalue weighted by atomic mass is 14.6. The highest BCUT2D eigenvalue weighted by molar-refractivity contribution is 4.79. The summed E-state index contributed by atoms with van der Waals surface area (Å²) in [5.74, 6) is 2.06. The molecule has 2 saturated carbocycles. The Morgan fingerprint density at radius 2 is 0.882 bits per heavy atom. The lowest BCUT2D eigenvalue weighted by molar-refractivity contribution is 0.201. The first kappa shape index (κ1) is 13.4. The van der Waals surface area contributed by atoms with Crippen molar-refractivity contribution in [3.63, 3.8) is 0 Å². The Kier molecular flexibility index (Phi) is 5.84. The molecule has 0 aromatic heterocycles. The van der Waals surface area contributed by atoms with Gasteiger partial charge in [0.05, 0.1) is 0 Å². The molecule has 0 aromatic carbocycles. The Morgan fingerprint density at radius 1 is 0.471 bits per heavy atom. The summed E-state index contributed by atoms with van der Waals surface area (Å²) in [6.07, 6.45) is 18.9. The molecule has 2 N–H and O–H groups in total. The van der Waals surface area contributed by atoms with Gasteiger partial charge in [0.2, 0.25) is 0 Å². The molecule has 0 bridgehead atoms. The van der Waals surface area contributed by atoms with Crippen LogP contribution in [0.5, 0.6) is 0 Å². The topological polar surface area (TPSA) is 26.0 Å². The molecule has 0 aliphatic heterocycles. The molecule has 1 heteroatoms. The second kappa shape index (κ2) is 7.41. The summed E-state index contributed by atoms with van der Waals surface area (Å²) in [6, 6.07) is 0.519. The Labute approximate surface area is 108 Å². The van der Waals surface area contributed by atoms with Crippen molar-refractivity contribution >= 4 is 0 Å². The van der Waals surface area contributed by atoms with Crippen LogP contribution >= 0.6 is 0 Å². The van der Waals surface area contributed by atoms with E-state index in [0.717, 1.165) is 11.8 Å². The van der Waals surface area contributed by atoms with Crippen molar-refractivity contribution in [1.82, 2.24) is 0 Å². The molecule has 2 rings (SSSR count). The second-order valence-electron chi connectivity index (χ2n) is 6.49. The van der Waals surface area contributed by atoms with Crippen LogP contribution in [0.3, 0.4) is 0 Å². The van der Waals surface area contributed by atoms with Gasteiger partial charge in [-0.05, 0) is 37.5 Å². The van der Waals surface area contributed by atoms with Gasteiger partial charge in [-0.1, -0.05) is 57.8 Å². The Balaban J connectivity index is 1.78. The zero-order valence-corrected chi connectivity index (χ0v) is 11.5. The molecular weight excluding hydrogens is 206 g/mol. The minimum Gasteiger partial charge on any atom is -0.328 e. The van der Waals surface area contributed by atoms with Crippen molar-refractivity contribution < 1.29 is 0 Å². The van der Waals surface area contributed by atoms with E-state index in [4.69, 9.17) is 5.73 Å². The van der Waals surface area contributed by atoms with Gasteiger partial charge in [-0.3, -0.25) is 0 Å². The zero-order chi connectivity index (χ0) is 11.9. The van der Waals surface area contributed by atoms with E-state index in [1.54, 1.807) is 0 Å². The maximum Gasteiger partial charge on any atom is 0.00390 e. The van der Waals surface area contributed by atoms with Crippen LogP contribution in [0.1, 0.15) is 83.5 Å². The van der Waals surface area contributed by atoms with E-state index in [-0.39, 0.29) is 0 Å². The SMILES string of the molecule is N[C@H]1CC[C@H](C2CCCCCCCCC2)CC1. The highest BCUT2D eigenvalue weighted by Gasteiger charge is 2.25. The minimum atomic E-state index is 0.519. The molecule has 0 aromatic rings. The van der Waals surface area contributed by atoms with Crippen molar-refractivity contribution in [3.8, 4) is 0 Å². The smallest absolute Gasteiger partial charge is 0.00390 e. The van der Waals surface area contributed by atoms with Crippen LogP contribution in [0.2, 0.25) is 0 Å². The van der Waals surface area contributed by atoms with Gasteiger partial charge in [0.15, 0.2) is 0 Å². The number of hydrogen-bond donors (Lipinski definition) is 1. The first-order valence-electron chi connectivity index (χ1n) is 8.12. The molecule has 0 amide bonds. The van der Waals surface area contributed by atoms with Crippen LogP contribution in [0, 0.1) is 11.8 Å². The lowest BCUT2D eigenvalue weighted by atomic mass is 9.74. The molecule has 2 aliphatic carbocycles. The zero-order valence-electron chi connectivity index (χ0n) is 11.5. The summed E-state index contributed by atoms with van der Waals surface area (Å²) < 4.78 is 0. The quantitative estimate of drug-likeness (QED) is 0.706. The predicted octanol–water partition coefficient (Wildman–Crippen LogP) is 4.64. The molecule has 2 fully saturated rings. The molecule has 2 aliphatic rings. The maximum absolute atomic E-state index is 6.03. The molecular formula is C16H31N. The molecule has 0 spiro atoms. The van der Waals surface area contributed by atoms with E-state index < -0.39 is 0 Å². The Bertz CT molecular complexity index is 184. The summed E-state index contributed by atoms with van der Waals surface area (Å²) in [7, 11) is 0. The lowest BCUT2D eigenvalue weighted by Gasteiger charge is -2.33. The van der Waals surface area contributed by atoms with E-state index in [2.05, 4.69) is 0 Å². The summed E-state index contributed by atoms with van der Waals surface area (Å²) in [4.78, 5) is 0. The Hall–Kier alpha value is -0.0400. The maximum atomic E-state index is 6.03. The number of hydrogen-bond acceptors (Lipinski definition) is 1. The van der Waals surface area contributed by atoms with Crippen LogP contribution in [0.25, 0.3) is 0 Å². The fourth-order valence-electron chi connectivity index (χ4n) is 3.93. The molecule has 0 saturated heterocycles. The first-order chi connectivity index (χ1) is 8.36. The van der Waals surface area contributed by atoms with Gasteiger partial charge in [-0.15, -0.1) is 0 Å². The van der Waals surface area contributed by atoms with Gasteiger partial charge in [-0.2, -0.15) is 0 Å². The van der Waals surface area contributed by atoms with Crippen LogP contribution in [-0.2, 0) is 0 Å². The number of nitrogens with two attached hydrogens (primary N) is 1. The van der Waals surface area contributed by atoms with E-state index >= 15 is 0 Å². The summed E-state index contributed by atoms with van der Waals surface area (Å²) in [5.41, 5.74) is 6.03. The largest absolute Gasteiger partial charge is 0.328 e. The monoisotopic (exact) mass is 237 g/mol. The van der Waals surface area contributed by atoms with Crippen molar-refractivity contribution in [1.29, 1.82) is 0 Å². The second-order valence-corrected chi connectivity index (χ2v) is 6.49. The first-order valence-corrected chi connectivity index (χ1v) is 8.12. The van der Waals surface area contributed by atoms with E-state index in [9.17, 15) is 0 Å². The van der Waals surface area contributed by atoms with Crippen molar-refractivity contribution in [2.75, 3.05) is 0 Å². The van der Waals surface area contributed by atoms with Crippen LogP contribution < -0.4 is 5.73 Å². The molecule has 0 atom stereocenters. The minimum absolute atomic E-state index is 0.519. The molecule has 0 unspecified atom stereocenters. The lowest BCUT2D eigenvalue weighted by Crippen LogP contribution is -2.29. The standard InChI is InChI=1S/C16H31N/c17-16-12-10-15(11-13-16)14-8-6-4-2-1-3-5-7-9-14/h14-16H,1-13,17H2/t15-,16-. The van der Waals surface area contributed by atoms with Gasteiger partial charge in [0.25, 0.3) is 0 Å². The molecule has 0 radical (unpaired) electrons. The van der Waals surface area contributed by atoms with Gasteiger partial charge in [0, 0.05) is 6.04 Å². The molecule has 1 nitrogen and oxygen atoms in total. The van der Waals surface area contributed by atoms with E-state index in [1.807, 2.05) is 0 Å². The van der Waals surface area contributed by atoms with E-state index in [1.165, 1.54) is 83.5 Å². The van der Waals surface area contributed by atoms with Crippen molar-refractivity contribution in [3.05, 3.63) is 0 Å². The van der Waals surface area contributed by atoms with Crippen LogP contribution in [-0.4, -0.2) is 6.04 Å². The van der Waals surface area contributed by atoms with Crippen LogP contribution in [0.4, 0.5) is 0 Å². The summed E-state index contributed by atoms with van der Waals surface area (Å²) in [6.45, 7) is 0. The molecule has 17 heavy (non-hydrogen) atoms. The number of rotatable bonds is 1. The summed E-state index contributed by atoms with van der Waals surface area (Å²) in [5, 5.41) is 0. The molecule has 0 heterocycles. The van der Waals surface area contributed by atoms with Crippen molar-refractivity contribution in [2.45, 2.75) is 89.5 Å². The van der Waals surface area contributed by atoms with Crippen molar-refractivity contribution in [2.24, 2.45) is 17.6 Å². The van der Waals surface area contributed by atoms with Gasteiger partial charge in [0.1, 0.15) is 0 Å². The summed E-state index contributed by atoms with van der Waals surface area (Å²) >= 11 is 0. The fourth-order valence-corrected chi connectivity index (χ4v) is 3.93. The molecule has 100 valence electrons. The van der Waals surface area contributed by atoms with Gasteiger partial charge in [-0.25, -0.2) is 0 Å². The predicted molar refractivity (Wildman–Crippen MR) is 75.0 cm³/mol. The van der Waals surface area contributed by atoms with Gasteiger partial charge >= 0.3 is 0 Å². The third-order valence-electron chi connectivity index (χ3n) is 5.13. The average Bonchev–Trinajstić information content (AvgIpc) is 2.37.